The molecule has 94 valence electrons. The molecule has 0 unspecified atom stereocenters. The summed E-state index contributed by atoms with van der Waals surface area (Å²) in [5.74, 6) is 0. The van der Waals surface area contributed by atoms with Crippen LogP contribution in [0.1, 0.15) is 5.69 Å². The highest BCUT2D eigenvalue weighted by Gasteiger charge is 2.12. The van der Waals surface area contributed by atoms with Crippen LogP contribution >= 0.6 is 15.9 Å². The largest absolute Gasteiger partial charge is 0.479 e. The molecular weight excluding hydrogens is 306 g/mol. The zero-order valence-corrected chi connectivity index (χ0v) is 11.7. The van der Waals surface area contributed by atoms with Crippen LogP contribution in [-0.4, -0.2) is 20.1 Å². The van der Waals surface area contributed by atoms with Crippen molar-refractivity contribution in [2.24, 2.45) is 0 Å². The van der Waals surface area contributed by atoms with Gasteiger partial charge in [-0.3, -0.25) is 4.98 Å². The van der Waals surface area contributed by atoms with E-state index in [1.807, 2.05) is 37.3 Å². The SMILES string of the molecule is Cc1ncccc1-c1nc(O)nc2ccc(Br)cc12. The third-order valence-electron chi connectivity index (χ3n) is 2.91. The first-order valence-electron chi connectivity index (χ1n) is 5.73. The normalized spacial score (nSPS) is 10.8. The summed E-state index contributed by atoms with van der Waals surface area (Å²) in [5, 5.41) is 10.6. The molecule has 0 saturated carbocycles. The van der Waals surface area contributed by atoms with Gasteiger partial charge in [0.25, 0.3) is 0 Å². The van der Waals surface area contributed by atoms with E-state index in [1.165, 1.54) is 0 Å². The molecule has 0 aliphatic heterocycles. The Morgan fingerprint density at radius 1 is 1.16 bits per heavy atom. The summed E-state index contributed by atoms with van der Waals surface area (Å²) in [4.78, 5) is 12.5. The monoisotopic (exact) mass is 315 g/mol. The van der Waals surface area contributed by atoms with Gasteiger partial charge < -0.3 is 5.11 Å². The summed E-state index contributed by atoms with van der Waals surface area (Å²) in [7, 11) is 0. The lowest BCUT2D eigenvalue weighted by Crippen LogP contribution is -1.94. The summed E-state index contributed by atoms with van der Waals surface area (Å²) in [6.07, 6.45) is 1.73. The first-order valence-corrected chi connectivity index (χ1v) is 6.53. The van der Waals surface area contributed by atoms with E-state index in [0.717, 1.165) is 21.1 Å². The van der Waals surface area contributed by atoms with E-state index in [0.29, 0.717) is 11.2 Å². The minimum Gasteiger partial charge on any atom is -0.479 e. The molecule has 5 heteroatoms. The number of pyridine rings is 1. The lowest BCUT2D eigenvalue weighted by Gasteiger charge is -2.08. The van der Waals surface area contributed by atoms with E-state index in [1.54, 1.807) is 6.20 Å². The summed E-state index contributed by atoms with van der Waals surface area (Å²) in [6, 6.07) is 9.23. The molecule has 0 amide bonds. The van der Waals surface area contributed by atoms with Crippen molar-refractivity contribution in [1.82, 2.24) is 15.0 Å². The maximum atomic E-state index is 9.68. The maximum Gasteiger partial charge on any atom is 0.315 e. The molecule has 3 rings (SSSR count). The van der Waals surface area contributed by atoms with Crippen molar-refractivity contribution in [1.29, 1.82) is 0 Å². The second kappa shape index (κ2) is 4.59. The Kier molecular flexibility index (Phi) is 2.91. The van der Waals surface area contributed by atoms with Crippen molar-refractivity contribution >= 4 is 26.8 Å². The number of nitrogens with zero attached hydrogens (tertiary/aromatic N) is 3. The molecule has 0 spiro atoms. The number of aromatic nitrogens is 3. The van der Waals surface area contributed by atoms with Gasteiger partial charge in [-0.2, -0.15) is 9.97 Å². The maximum absolute atomic E-state index is 9.68. The van der Waals surface area contributed by atoms with E-state index >= 15 is 0 Å². The molecule has 3 aromatic rings. The number of rotatable bonds is 1. The fourth-order valence-electron chi connectivity index (χ4n) is 2.03. The standard InChI is InChI=1S/C14H10BrN3O/c1-8-10(3-2-6-16-8)13-11-7-9(15)4-5-12(11)17-14(19)18-13/h2-7H,1H3,(H,17,18,19). The topological polar surface area (TPSA) is 58.9 Å². The molecule has 0 aliphatic rings. The van der Waals surface area contributed by atoms with Gasteiger partial charge in [0.1, 0.15) is 0 Å². The van der Waals surface area contributed by atoms with Crippen LogP contribution in [0.15, 0.2) is 41.0 Å². The second-order valence-electron chi connectivity index (χ2n) is 4.17. The third-order valence-corrected chi connectivity index (χ3v) is 3.40. The predicted octanol–water partition coefficient (Wildman–Crippen LogP) is 3.47. The van der Waals surface area contributed by atoms with Crippen molar-refractivity contribution in [3.8, 4) is 17.3 Å². The van der Waals surface area contributed by atoms with Crippen molar-refractivity contribution < 1.29 is 5.11 Å². The Bertz CT molecular complexity index is 774. The van der Waals surface area contributed by atoms with Gasteiger partial charge in [0.15, 0.2) is 0 Å². The average Bonchev–Trinajstić information content (AvgIpc) is 2.39. The molecule has 2 heterocycles. The summed E-state index contributed by atoms with van der Waals surface area (Å²) in [6.45, 7) is 1.91. The fraction of sp³-hybridized carbons (Fsp3) is 0.0714. The van der Waals surface area contributed by atoms with E-state index in [-0.39, 0.29) is 6.01 Å². The lowest BCUT2D eigenvalue weighted by atomic mass is 10.1. The molecule has 0 radical (unpaired) electrons. The molecule has 0 atom stereocenters. The molecule has 1 N–H and O–H groups in total. The Morgan fingerprint density at radius 2 is 2.00 bits per heavy atom. The number of hydrogen-bond acceptors (Lipinski definition) is 4. The summed E-state index contributed by atoms with van der Waals surface area (Å²) < 4.78 is 0.942. The van der Waals surface area contributed by atoms with Gasteiger partial charge in [-0.05, 0) is 37.3 Å². The van der Waals surface area contributed by atoms with Crippen molar-refractivity contribution in [2.45, 2.75) is 6.92 Å². The van der Waals surface area contributed by atoms with Gasteiger partial charge in [0.05, 0.1) is 11.2 Å². The minimum atomic E-state index is -0.229. The molecule has 1 aromatic carbocycles. The van der Waals surface area contributed by atoms with E-state index < -0.39 is 0 Å². The number of hydrogen-bond donors (Lipinski definition) is 1. The zero-order valence-electron chi connectivity index (χ0n) is 10.1. The Morgan fingerprint density at radius 3 is 2.79 bits per heavy atom. The molecule has 0 aliphatic carbocycles. The Labute approximate surface area is 118 Å². The minimum absolute atomic E-state index is 0.229. The van der Waals surface area contributed by atoms with E-state index in [9.17, 15) is 5.11 Å². The zero-order chi connectivity index (χ0) is 13.4. The summed E-state index contributed by atoms with van der Waals surface area (Å²) >= 11 is 3.44. The summed E-state index contributed by atoms with van der Waals surface area (Å²) in [5.41, 5.74) is 3.15. The molecule has 4 nitrogen and oxygen atoms in total. The van der Waals surface area contributed by atoms with Crippen LogP contribution in [0.2, 0.25) is 0 Å². The lowest BCUT2D eigenvalue weighted by molar-refractivity contribution is 0.434. The van der Waals surface area contributed by atoms with Crippen molar-refractivity contribution in [3.05, 3.63) is 46.7 Å². The van der Waals surface area contributed by atoms with Gasteiger partial charge >= 0.3 is 6.01 Å². The number of fused-ring (bicyclic) bond motifs is 1. The molecule has 0 bridgehead atoms. The highest BCUT2D eigenvalue weighted by Crippen LogP contribution is 2.30. The van der Waals surface area contributed by atoms with Gasteiger partial charge in [0, 0.05) is 27.3 Å². The first-order chi connectivity index (χ1) is 9.15. The molecular formula is C14H10BrN3O. The van der Waals surface area contributed by atoms with Crippen LogP contribution in [0.25, 0.3) is 22.2 Å². The Hall–Kier alpha value is -2.01. The van der Waals surface area contributed by atoms with Crippen LogP contribution in [0.4, 0.5) is 0 Å². The molecule has 0 saturated heterocycles. The molecule has 0 fully saturated rings. The number of halogens is 1. The van der Waals surface area contributed by atoms with Crippen LogP contribution in [0.5, 0.6) is 6.01 Å². The predicted molar refractivity (Wildman–Crippen MR) is 76.9 cm³/mol. The van der Waals surface area contributed by atoms with Gasteiger partial charge in [-0.15, -0.1) is 0 Å². The highest BCUT2D eigenvalue weighted by molar-refractivity contribution is 9.10. The number of aryl methyl sites for hydroxylation is 1. The smallest absolute Gasteiger partial charge is 0.315 e. The average molecular weight is 316 g/mol. The van der Waals surface area contributed by atoms with Crippen molar-refractivity contribution in [2.75, 3.05) is 0 Å². The van der Waals surface area contributed by atoms with Crippen LogP contribution in [0.3, 0.4) is 0 Å². The second-order valence-corrected chi connectivity index (χ2v) is 5.09. The molecule has 2 aromatic heterocycles. The first kappa shape index (κ1) is 12.0. The van der Waals surface area contributed by atoms with Gasteiger partial charge in [-0.1, -0.05) is 15.9 Å². The van der Waals surface area contributed by atoms with Crippen LogP contribution in [-0.2, 0) is 0 Å². The van der Waals surface area contributed by atoms with E-state index in [2.05, 4.69) is 30.9 Å². The quantitative estimate of drug-likeness (QED) is 0.747. The van der Waals surface area contributed by atoms with E-state index in [4.69, 9.17) is 0 Å². The number of aromatic hydroxyl groups is 1. The van der Waals surface area contributed by atoms with Gasteiger partial charge in [-0.25, -0.2) is 0 Å². The van der Waals surface area contributed by atoms with Crippen LogP contribution in [0, 0.1) is 6.92 Å². The van der Waals surface area contributed by atoms with Gasteiger partial charge in [0.2, 0.25) is 0 Å². The molecule has 19 heavy (non-hydrogen) atoms. The fourth-order valence-corrected chi connectivity index (χ4v) is 2.39. The number of benzene rings is 1. The van der Waals surface area contributed by atoms with Crippen molar-refractivity contribution in [3.63, 3.8) is 0 Å². The third kappa shape index (κ3) is 2.17. The van der Waals surface area contributed by atoms with Crippen LogP contribution < -0.4 is 0 Å². The Balaban J connectivity index is 2.40. The highest BCUT2D eigenvalue weighted by atomic mass is 79.9.